The third-order valence-electron chi connectivity index (χ3n) is 18.4. The van der Waals surface area contributed by atoms with E-state index in [1.807, 2.05) is 0 Å². The molecule has 6 heteroatoms. The van der Waals surface area contributed by atoms with Gasteiger partial charge in [-0.2, -0.15) is 0 Å². The Morgan fingerprint density at radius 3 is 1.66 bits per heavy atom. The molecule has 8 aromatic carbocycles. The molecule has 440 valence electrons. The van der Waals surface area contributed by atoms with E-state index in [0.717, 1.165) is 81.3 Å². The summed E-state index contributed by atoms with van der Waals surface area (Å²) in [5.41, 5.74) is 21.6. The molecular weight excluding hydrogens is 1040 g/mol. The highest BCUT2D eigenvalue weighted by Gasteiger charge is 2.42. The fraction of sp³-hybridized carbons (Fsp3) is 0.367. The van der Waals surface area contributed by atoms with Gasteiger partial charge in [0, 0.05) is 45.4 Å². The summed E-state index contributed by atoms with van der Waals surface area (Å²) in [4.78, 5) is 24.1. The Kier molecular flexibility index (Phi) is 20.9. The number of carboxylic acid groups (broad SMARTS) is 1. The summed E-state index contributed by atoms with van der Waals surface area (Å²) in [7, 11) is 0. The molecule has 1 N–H and O–H groups in total. The number of anilines is 3. The number of rotatable bonds is 33. The fourth-order valence-electron chi connectivity index (χ4n) is 13.6. The van der Waals surface area contributed by atoms with Gasteiger partial charge in [0.25, 0.3) is 6.47 Å². The predicted molar refractivity (Wildman–Crippen MR) is 357 cm³/mol. The van der Waals surface area contributed by atoms with Crippen LogP contribution in [0, 0.1) is 6.92 Å². The van der Waals surface area contributed by atoms with Crippen LogP contribution in [-0.4, -0.2) is 28.7 Å². The molecule has 85 heavy (non-hydrogen) atoms. The third-order valence-corrected chi connectivity index (χ3v) is 18.4. The molecule has 6 nitrogen and oxygen atoms in total. The quantitative estimate of drug-likeness (QED) is 0.0328. The third kappa shape index (κ3) is 14.5. The summed E-state index contributed by atoms with van der Waals surface area (Å²) in [6, 6.07) is 67.1. The minimum absolute atomic E-state index is 0.0735. The molecule has 0 radical (unpaired) electrons. The highest BCUT2D eigenvalue weighted by Crippen LogP contribution is 2.55. The van der Waals surface area contributed by atoms with Gasteiger partial charge in [-0.15, -0.1) is 0 Å². The van der Waals surface area contributed by atoms with Gasteiger partial charge < -0.3 is 19.3 Å². The lowest BCUT2D eigenvalue weighted by Crippen LogP contribution is -2.25. The number of aryl methyl sites for hydroxylation is 2. The number of carboxylic acids is 1. The van der Waals surface area contributed by atoms with Gasteiger partial charge in [0.1, 0.15) is 0 Å². The number of hydrogen-bond donors (Lipinski definition) is 1. The average molecular weight is 1130 g/mol. The molecule has 1 aliphatic carbocycles. The zero-order chi connectivity index (χ0) is 59.0. The van der Waals surface area contributed by atoms with Crippen LogP contribution in [0.1, 0.15) is 189 Å². The van der Waals surface area contributed by atoms with Crippen molar-refractivity contribution in [2.24, 2.45) is 0 Å². The van der Waals surface area contributed by atoms with Crippen LogP contribution in [0.5, 0.6) is 0 Å². The number of ether oxygens (including phenoxy) is 1. The number of hydrogen-bond acceptors (Lipinski definition) is 4. The maximum atomic E-state index is 11.1. The van der Waals surface area contributed by atoms with E-state index in [-0.39, 0.29) is 11.8 Å². The topological polar surface area (TPSA) is 71.8 Å². The Bertz CT molecular complexity index is 3610. The van der Waals surface area contributed by atoms with Crippen molar-refractivity contribution in [3.05, 3.63) is 204 Å². The molecule has 10 rings (SSSR count). The molecule has 0 aliphatic heterocycles. The maximum absolute atomic E-state index is 11.1. The van der Waals surface area contributed by atoms with E-state index in [0.29, 0.717) is 19.0 Å². The smallest absolute Gasteiger partial charge is 0.303 e. The Labute approximate surface area is 507 Å². The van der Waals surface area contributed by atoms with Crippen LogP contribution >= 0.6 is 0 Å². The van der Waals surface area contributed by atoms with E-state index < -0.39 is 5.97 Å². The van der Waals surface area contributed by atoms with Crippen molar-refractivity contribution in [3.63, 3.8) is 0 Å². The number of carbonyl (C=O) groups excluding carboxylic acids is 1. The number of nitrogens with zero attached hydrogens (tertiary/aromatic N) is 2. The normalized spacial score (nSPS) is 13.6. The van der Waals surface area contributed by atoms with Crippen LogP contribution in [0.3, 0.4) is 0 Å². The van der Waals surface area contributed by atoms with E-state index in [1.165, 1.54) is 159 Å². The number of aliphatic carboxylic acids is 1. The van der Waals surface area contributed by atoms with Crippen LogP contribution in [0.25, 0.3) is 60.9 Å². The molecule has 0 amide bonds. The second-order valence-corrected chi connectivity index (χ2v) is 24.7. The lowest BCUT2D eigenvalue weighted by molar-refractivity contribution is -0.137. The van der Waals surface area contributed by atoms with Gasteiger partial charge in [-0.3, -0.25) is 9.59 Å². The Hall–Kier alpha value is -7.70. The van der Waals surface area contributed by atoms with Crippen molar-refractivity contribution in [1.29, 1.82) is 0 Å². The van der Waals surface area contributed by atoms with E-state index >= 15 is 0 Å². The van der Waals surface area contributed by atoms with Crippen LogP contribution in [0.15, 0.2) is 176 Å². The molecule has 1 atom stereocenters. The van der Waals surface area contributed by atoms with Crippen LogP contribution in [-0.2, 0) is 26.2 Å². The highest BCUT2D eigenvalue weighted by atomic mass is 16.5. The largest absolute Gasteiger partial charge is 0.481 e. The van der Waals surface area contributed by atoms with Crippen molar-refractivity contribution in [2.45, 2.75) is 180 Å². The summed E-state index contributed by atoms with van der Waals surface area (Å²) in [5, 5.41) is 11.7. The number of fused-ring (bicyclic) bond motifs is 6. The van der Waals surface area contributed by atoms with Gasteiger partial charge in [-0.25, -0.2) is 0 Å². The minimum atomic E-state index is -0.692. The van der Waals surface area contributed by atoms with Gasteiger partial charge in [0.15, 0.2) is 0 Å². The summed E-state index contributed by atoms with van der Waals surface area (Å²) >= 11 is 0. The zero-order valence-corrected chi connectivity index (χ0v) is 51.2. The van der Waals surface area contributed by atoms with Gasteiger partial charge in [0.05, 0.1) is 17.6 Å². The van der Waals surface area contributed by atoms with Gasteiger partial charge in [-0.1, -0.05) is 226 Å². The SMILES string of the molecule is CCCCCCc1ccc(-n2c3ccccc3c3cc(-c4ccc(N(c5ccc(-c6ccc7c(c6)C(CCCCCCCCCOC=O)(CCCCCCCCCC(=O)O)c6cc(C)ccc6-7)cc5)c5ccc(C(C)C)cc5)cc4)ccc32)cc1. The standard InChI is InChI=1S/C79H90N2O4/c1-5-6-7-18-25-60-30-40-69(41-31-60)81-76-27-21-20-26-72(76)73-55-64(39-50-77(73)81)62-34-44-67(45-35-62)80(66-42-32-61(33-43-66)58(2)3)68-46-36-63(37-47-68)65-38-49-71-70-48-29-59(4)54-74(70)79(75(71)56-65,51-22-15-11-8-10-14-19-28-78(83)84)52-23-16-12-9-13-17-24-53-85-57-82/h20-21,26-27,29-50,54-58H,5-19,22-25,28,51-53H2,1-4H3,(H,83,84). The lowest BCUT2D eigenvalue weighted by atomic mass is 9.70. The number of carbonyl (C=O) groups is 2. The predicted octanol–water partition coefficient (Wildman–Crippen LogP) is 22.3. The molecule has 9 aromatic rings. The summed E-state index contributed by atoms with van der Waals surface area (Å²) < 4.78 is 7.36. The summed E-state index contributed by atoms with van der Waals surface area (Å²) in [6.45, 7) is 10.1. The molecule has 1 aliphatic rings. The van der Waals surface area contributed by atoms with Crippen molar-refractivity contribution in [1.82, 2.24) is 4.57 Å². The Morgan fingerprint density at radius 2 is 1.05 bits per heavy atom. The van der Waals surface area contributed by atoms with Gasteiger partial charge in [0.2, 0.25) is 0 Å². The lowest BCUT2D eigenvalue weighted by Gasteiger charge is -2.33. The van der Waals surface area contributed by atoms with Crippen molar-refractivity contribution in [2.75, 3.05) is 11.5 Å². The molecular formula is C79H90N2O4. The van der Waals surface area contributed by atoms with E-state index in [9.17, 15) is 9.59 Å². The second kappa shape index (κ2) is 29.4. The highest BCUT2D eigenvalue weighted by molar-refractivity contribution is 6.10. The first kappa shape index (κ1) is 60.4. The molecule has 0 bridgehead atoms. The second-order valence-electron chi connectivity index (χ2n) is 24.7. The Morgan fingerprint density at radius 1 is 0.529 bits per heavy atom. The molecule has 1 heterocycles. The summed E-state index contributed by atoms with van der Waals surface area (Å²) in [5.74, 6) is -0.256. The molecule has 0 fully saturated rings. The number of unbranched alkanes of at least 4 members (excludes halogenated alkanes) is 15. The van der Waals surface area contributed by atoms with E-state index in [1.54, 1.807) is 0 Å². The number of para-hydroxylation sites is 1. The summed E-state index contributed by atoms with van der Waals surface area (Å²) in [6.07, 6.45) is 24.3. The zero-order valence-electron chi connectivity index (χ0n) is 51.2. The van der Waals surface area contributed by atoms with Crippen molar-refractivity contribution >= 4 is 51.3 Å². The molecule has 0 spiro atoms. The van der Waals surface area contributed by atoms with E-state index in [2.05, 4.69) is 213 Å². The molecule has 0 saturated carbocycles. The monoisotopic (exact) mass is 1130 g/mol. The van der Waals surface area contributed by atoms with Crippen molar-refractivity contribution in [3.8, 4) is 39.1 Å². The van der Waals surface area contributed by atoms with Gasteiger partial charge in [-0.05, 0) is 180 Å². The minimum Gasteiger partial charge on any atom is -0.481 e. The number of benzene rings is 8. The Balaban J connectivity index is 0.920. The van der Waals surface area contributed by atoms with Crippen LogP contribution in [0.2, 0.25) is 0 Å². The molecule has 1 aromatic heterocycles. The van der Waals surface area contributed by atoms with Crippen LogP contribution in [0.4, 0.5) is 17.1 Å². The fourth-order valence-corrected chi connectivity index (χ4v) is 13.6. The van der Waals surface area contributed by atoms with Crippen LogP contribution < -0.4 is 4.90 Å². The van der Waals surface area contributed by atoms with Gasteiger partial charge >= 0.3 is 5.97 Å². The first-order valence-electron chi connectivity index (χ1n) is 32.4. The first-order chi connectivity index (χ1) is 41.6. The first-order valence-corrected chi connectivity index (χ1v) is 32.4. The van der Waals surface area contributed by atoms with Crippen molar-refractivity contribution < 1.29 is 19.4 Å². The number of aromatic nitrogens is 1. The maximum Gasteiger partial charge on any atom is 0.303 e. The molecule has 1 unspecified atom stereocenters. The molecule has 0 saturated heterocycles. The average Bonchev–Trinajstić information content (AvgIpc) is 1.72. The van der Waals surface area contributed by atoms with E-state index in [4.69, 9.17) is 9.84 Å².